The number of aryl methyl sites for hydroxylation is 1. The molecule has 0 aliphatic carbocycles. The standard InChI is InChI=1S/C23H19N5O2/c1-15-6-8-17(9-7-15)25-23(30)28-27-22(29)19-14-21(16-10-12-24-13-11-16)26-20-5-3-2-4-18(19)20/h2-14H,1H3,(H,27,29)(H2,25,28,30). The van der Waals surface area contributed by atoms with Crippen molar-refractivity contribution in [1.29, 1.82) is 0 Å². The minimum Gasteiger partial charge on any atom is -0.307 e. The molecule has 0 unspecified atom stereocenters. The maximum absolute atomic E-state index is 12.9. The second-order valence-corrected chi connectivity index (χ2v) is 6.71. The number of fused-ring (bicyclic) bond motifs is 1. The molecule has 0 saturated carbocycles. The number of benzene rings is 2. The summed E-state index contributed by atoms with van der Waals surface area (Å²) in [5, 5.41) is 3.35. The molecule has 30 heavy (non-hydrogen) atoms. The van der Waals surface area contributed by atoms with Gasteiger partial charge in [-0.05, 0) is 43.3 Å². The van der Waals surface area contributed by atoms with Gasteiger partial charge in [-0.3, -0.25) is 15.2 Å². The van der Waals surface area contributed by atoms with E-state index in [4.69, 9.17) is 0 Å². The molecule has 3 amide bonds. The molecule has 2 aromatic carbocycles. The van der Waals surface area contributed by atoms with Crippen LogP contribution in [0.2, 0.25) is 0 Å². The quantitative estimate of drug-likeness (QED) is 0.454. The summed E-state index contributed by atoms with van der Waals surface area (Å²) < 4.78 is 0. The number of nitrogens with one attached hydrogen (secondary N) is 3. The Hall–Kier alpha value is -4.26. The Morgan fingerprint density at radius 2 is 1.60 bits per heavy atom. The largest absolute Gasteiger partial charge is 0.337 e. The molecule has 0 bridgehead atoms. The second kappa shape index (κ2) is 8.40. The van der Waals surface area contributed by atoms with Crippen molar-refractivity contribution >= 4 is 28.5 Å². The fourth-order valence-electron chi connectivity index (χ4n) is 3.01. The highest BCUT2D eigenvalue weighted by Gasteiger charge is 2.14. The van der Waals surface area contributed by atoms with E-state index in [1.165, 1.54) is 0 Å². The van der Waals surface area contributed by atoms with Crippen molar-refractivity contribution in [1.82, 2.24) is 20.8 Å². The molecule has 3 N–H and O–H groups in total. The highest BCUT2D eigenvalue weighted by molar-refractivity contribution is 6.07. The number of nitrogens with zero attached hydrogens (tertiary/aromatic N) is 2. The topological polar surface area (TPSA) is 96.0 Å². The Bertz CT molecular complexity index is 1210. The van der Waals surface area contributed by atoms with E-state index in [2.05, 4.69) is 26.1 Å². The number of amides is 3. The van der Waals surface area contributed by atoms with E-state index < -0.39 is 11.9 Å². The Labute approximate surface area is 173 Å². The van der Waals surface area contributed by atoms with Crippen molar-refractivity contribution < 1.29 is 9.59 Å². The number of hydrogen-bond acceptors (Lipinski definition) is 4. The van der Waals surface area contributed by atoms with Gasteiger partial charge in [0.1, 0.15) is 0 Å². The number of pyridine rings is 2. The predicted molar refractivity (Wildman–Crippen MR) is 116 cm³/mol. The van der Waals surface area contributed by atoms with Crippen LogP contribution in [0.1, 0.15) is 15.9 Å². The molecule has 0 fully saturated rings. The summed E-state index contributed by atoms with van der Waals surface area (Å²) in [6.45, 7) is 1.96. The third-order valence-corrected chi connectivity index (χ3v) is 4.54. The first kappa shape index (κ1) is 19.1. The summed E-state index contributed by atoms with van der Waals surface area (Å²) >= 11 is 0. The summed E-state index contributed by atoms with van der Waals surface area (Å²) in [5.74, 6) is -0.442. The Kier molecular flexibility index (Phi) is 5.34. The van der Waals surface area contributed by atoms with E-state index in [1.54, 1.807) is 30.6 Å². The maximum atomic E-state index is 12.9. The number of carbonyl (C=O) groups is 2. The molecule has 7 heteroatoms. The van der Waals surface area contributed by atoms with E-state index in [9.17, 15) is 9.59 Å². The van der Waals surface area contributed by atoms with E-state index in [-0.39, 0.29) is 0 Å². The van der Waals surface area contributed by atoms with Crippen LogP contribution < -0.4 is 16.2 Å². The number of anilines is 1. The van der Waals surface area contributed by atoms with Crippen LogP contribution in [0.4, 0.5) is 10.5 Å². The number of aromatic nitrogens is 2. The molecule has 7 nitrogen and oxygen atoms in total. The van der Waals surface area contributed by atoms with E-state index in [0.717, 1.165) is 11.1 Å². The molecule has 0 aliphatic rings. The van der Waals surface area contributed by atoms with Crippen LogP contribution in [0, 0.1) is 6.92 Å². The van der Waals surface area contributed by atoms with Gasteiger partial charge in [-0.25, -0.2) is 15.2 Å². The number of hydrazine groups is 1. The van der Waals surface area contributed by atoms with Gasteiger partial charge in [0.15, 0.2) is 0 Å². The van der Waals surface area contributed by atoms with E-state index in [1.807, 2.05) is 55.5 Å². The lowest BCUT2D eigenvalue weighted by Gasteiger charge is -2.12. The van der Waals surface area contributed by atoms with Gasteiger partial charge in [0.2, 0.25) is 0 Å². The summed E-state index contributed by atoms with van der Waals surface area (Å²) in [5.41, 5.74) is 9.13. The van der Waals surface area contributed by atoms with Gasteiger partial charge in [0, 0.05) is 29.0 Å². The number of urea groups is 1. The van der Waals surface area contributed by atoms with Gasteiger partial charge in [-0.2, -0.15) is 0 Å². The Balaban J connectivity index is 1.55. The highest BCUT2D eigenvalue weighted by Crippen LogP contribution is 2.24. The highest BCUT2D eigenvalue weighted by atomic mass is 16.2. The molecule has 2 aromatic heterocycles. The Morgan fingerprint density at radius 3 is 2.37 bits per heavy atom. The fraction of sp³-hybridized carbons (Fsp3) is 0.0435. The SMILES string of the molecule is Cc1ccc(NC(=O)NNC(=O)c2cc(-c3ccncc3)nc3ccccc23)cc1. The minimum absolute atomic E-state index is 0.406. The maximum Gasteiger partial charge on any atom is 0.337 e. The minimum atomic E-state index is -0.542. The molecular formula is C23H19N5O2. The van der Waals surface area contributed by atoms with Crippen molar-refractivity contribution in [3.8, 4) is 11.3 Å². The fourth-order valence-corrected chi connectivity index (χ4v) is 3.01. The molecule has 0 radical (unpaired) electrons. The van der Waals surface area contributed by atoms with Crippen LogP contribution in [0.5, 0.6) is 0 Å². The van der Waals surface area contributed by atoms with Crippen LogP contribution >= 0.6 is 0 Å². The number of rotatable bonds is 3. The van der Waals surface area contributed by atoms with Crippen LogP contribution in [0.15, 0.2) is 79.1 Å². The third kappa shape index (κ3) is 4.25. The first-order valence-electron chi connectivity index (χ1n) is 9.34. The van der Waals surface area contributed by atoms with Gasteiger partial charge in [0.25, 0.3) is 5.91 Å². The zero-order chi connectivity index (χ0) is 20.9. The molecule has 0 saturated heterocycles. The third-order valence-electron chi connectivity index (χ3n) is 4.54. The van der Waals surface area contributed by atoms with Gasteiger partial charge in [-0.1, -0.05) is 35.9 Å². The summed E-state index contributed by atoms with van der Waals surface area (Å²) in [4.78, 5) is 33.6. The van der Waals surface area contributed by atoms with Crippen molar-refractivity contribution in [3.63, 3.8) is 0 Å². The lowest BCUT2D eigenvalue weighted by molar-refractivity contribution is 0.0939. The van der Waals surface area contributed by atoms with Gasteiger partial charge >= 0.3 is 6.03 Å². The molecule has 2 heterocycles. The molecular weight excluding hydrogens is 378 g/mol. The van der Waals surface area contributed by atoms with Crippen molar-refractivity contribution in [2.75, 3.05) is 5.32 Å². The number of para-hydroxylation sites is 1. The van der Waals surface area contributed by atoms with Crippen molar-refractivity contribution in [3.05, 3.63) is 90.3 Å². The van der Waals surface area contributed by atoms with Crippen LogP contribution in [0.3, 0.4) is 0 Å². The molecule has 0 spiro atoms. The van der Waals surface area contributed by atoms with Gasteiger partial charge in [-0.15, -0.1) is 0 Å². The first-order valence-corrected chi connectivity index (χ1v) is 9.34. The average Bonchev–Trinajstić information content (AvgIpc) is 2.79. The predicted octanol–water partition coefficient (Wildman–Crippen LogP) is 4.07. The first-order chi connectivity index (χ1) is 14.6. The lowest BCUT2D eigenvalue weighted by atomic mass is 10.0. The summed E-state index contributed by atoms with van der Waals surface area (Å²) in [6.07, 6.45) is 3.34. The monoisotopic (exact) mass is 397 g/mol. The molecule has 148 valence electrons. The van der Waals surface area contributed by atoms with Crippen LogP contribution in [0.25, 0.3) is 22.2 Å². The summed E-state index contributed by atoms with van der Waals surface area (Å²) in [6, 6.07) is 19.5. The zero-order valence-corrected chi connectivity index (χ0v) is 16.2. The molecule has 4 aromatic rings. The smallest absolute Gasteiger partial charge is 0.307 e. The molecule has 0 atom stereocenters. The van der Waals surface area contributed by atoms with Crippen molar-refractivity contribution in [2.45, 2.75) is 6.92 Å². The normalized spacial score (nSPS) is 10.4. The average molecular weight is 397 g/mol. The summed E-state index contributed by atoms with van der Waals surface area (Å²) in [7, 11) is 0. The van der Waals surface area contributed by atoms with Crippen LogP contribution in [-0.4, -0.2) is 21.9 Å². The zero-order valence-electron chi connectivity index (χ0n) is 16.2. The second-order valence-electron chi connectivity index (χ2n) is 6.71. The van der Waals surface area contributed by atoms with Crippen molar-refractivity contribution in [2.24, 2.45) is 0 Å². The van der Waals surface area contributed by atoms with E-state index in [0.29, 0.717) is 27.8 Å². The van der Waals surface area contributed by atoms with Crippen LogP contribution in [-0.2, 0) is 0 Å². The Morgan fingerprint density at radius 1 is 0.867 bits per heavy atom. The van der Waals surface area contributed by atoms with Gasteiger partial charge < -0.3 is 5.32 Å². The van der Waals surface area contributed by atoms with E-state index >= 15 is 0 Å². The van der Waals surface area contributed by atoms with Gasteiger partial charge in [0.05, 0.1) is 16.8 Å². The number of hydrogen-bond donors (Lipinski definition) is 3. The molecule has 4 rings (SSSR count). The lowest BCUT2D eigenvalue weighted by Crippen LogP contribution is -2.44. The molecule has 0 aliphatic heterocycles. The number of carbonyl (C=O) groups excluding carboxylic acids is 2.